The van der Waals surface area contributed by atoms with Crippen LogP contribution >= 0.6 is 11.6 Å². The average Bonchev–Trinajstić information content (AvgIpc) is 2.79. The number of para-hydroxylation sites is 1. The van der Waals surface area contributed by atoms with Crippen LogP contribution in [0.3, 0.4) is 0 Å². The van der Waals surface area contributed by atoms with Crippen molar-refractivity contribution in [3.05, 3.63) is 64.7 Å². The van der Waals surface area contributed by atoms with E-state index in [0.29, 0.717) is 10.6 Å². The van der Waals surface area contributed by atoms with E-state index in [-0.39, 0.29) is 11.3 Å². The van der Waals surface area contributed by atoms with Crippen LogP contribution in [0.1, 0.15) is 60.9 Å². The molecule has 1 aliphatic carbocycles. The highest BCUT2D eigenvalue weighted by Gasteiger charge is 2.43. The number of carbonyl (C=O) groups excluding carboxylic acids is 1. The van der Waals surface area contributed by atoms with Crippen molar-refractivity contribution in [1.82, 2.24) is 4.90 Å². The lowest BCUT2D eigenvalue weighted by Crippen LogP contribution is -2.55. The fourth-order valence-electron chi connectivity index (χ4n) is 6.21. The highest BCUT2D eigenvalue weighted by molar-refractivity contribution is 6.30. The van der Waals surface area contributed by atoms with E-state index in [4.69, 9.17) is 11.6 Å². The van der Waals surface area contributed by atoms with Crippen molar-refractivity contribution in [2.24, 2.45) is 11.3 Å². The maximum atomic E-state index is 13.6. The van der Waals surface area contributed by atoms with Crippen LogP contribution in [0.2, 0.25) is 5.02 Å². The Labute approximate surface area is 191 Å². The number of halogens is 1. The Bertz CT molecular complexity index is 921. The molecule has 0 radical (unpaired) electrons. The predicted molar refractivity (Wildman–Crippen MR) is 128 cm³/mol. The summed E-state index contributed by atoms with van der Waals surface area (Å²) in [7, 11) is 0. The van der Waals surface area contributed by atoms with Gasteiger partial charge in [0.2, 0.25) is 0 Å². The Balaban J connectivity index is 1.39. The summed E-state index contributed by atoms with van der Waals surface area (Å²) in [6.45, 7) is 4.38. The van der Waals surface area contributed by atoms with Crippen molar-refractivity contribution in [3.8, 4) is 0 Å². The van der Waals surface area contributed by atoms with Gasteiger partial charge in [-0.1, -0.05) is 49.1 Å². The molecular formula is C27H33ClN2O. The van der Waals surface area contributed by atoms with E-state index < -0.39 is 0 Å². The monoisotopic (exact) mass is 436 g/mol. The molecule has 1 spiro atoms. The number of hydrogen-bond donors (Lipinski definition) is 0. The van der Waals surface area contributed by atoms with Crippen molar-refractivity contribution in [2.45, 2.75) is 51.4 Å². The number of amides is 1. The third kappa shape index (κ3) is 4.54. The summed E-state index contributed by atoms with van der Waals surface area (Å²) in [4.78, 5) is 18.3. The number of fused-ring (bicyclic) bond motifs is 1. The maximum absolute atomic E-state index is 13.6. The first-order valence-corrected chi connectivity index (χ1v) is 12.4. The molecule has 0 N–H and O–H groups in total. The van der Waals surface area contributed by atoms with Crippen LogP contribution in [0.15, 0.2) is 48.5 Å². The zero-order valence-corrected chi connectivity index (χ0v) is 19.1. The van der Waals surface area contributed by atoms with Crippen molar-refractivity contribution in [3.63, 3.8) is 0 Å². The molecule has 3 nitrogen and oxygen atoms in total. The normalized spacial score (nSPS) is 24.9. The van der Waals surface area contributed by atoms with Gasteiger partial charge in [-0.05, 0) is 80.5 Å². The van der Waals surface area contributed by atoms with Gasteiger partial charge in [-0.3, -0.25) is 4.79 Å². The maximum Gasteiger partial charge on any atom is 0.258 e. The Hall–Kier alpha value is -1.84. The van der Waals surface area contributed by atoms with Crippen LogP contribution in [0.4, 0.5) is 5.69 Å². The molecule has 1 saturated heterocycles. The third-order valence-electron chi connectivity index (χ3n) is 7.66. The van der Waals surface area contributed by atoms with Gasteiger partial charge in [0, 0.05) is 41.3 Å². The van der Waals surface area contributed by atoms with Gasteiger partial charge >= 0.3 is 0 Å². The molecule has 1 unspecified atom stereocenters. The number of anilines is 1. The number of piperidine rings is 1. The molecule has 1 atom stereocenters. The first-order chi connectivity index (χ1) is 15.1. The van der Waals surface area contributed by atoms with E-state index in [2.05, 4.69) is 29.2 Å². The average molecular weight is 437 g/mol. The van der Waals surface area contributed by atoms with Crippen molar-refractivity contribution >= 4 is 23.2 Å². The van der Waals surface area contributed by atoms with Gasteiger partial charge in [-0.25, -0.2) is 0 Å². The van der Waals surface area contributed by atoms with Crippen LogP contribution in [0.25, 0.3) is 0 Å². The number of nitrogens with zero attached hydrogens (tertiary/aromatic N) is 2. The molecule has 2 aliphatic heterocycles. The summed E-state index contributed by atoms with van der Waals surface area (Å²) in [5.41, 5.74) is 3.27. The van der Waals surface area contributed by atoms with Crippen LogP contribution in [-0.4, -0.2) is 37.0 Å². The second kappa shape index (κ2) is 8.96. The third-order valence-corrected chi connectivity index (χ3v) is 7.91. The number of likely N-dealkylation sites (tertiary alicyclic amines) is 1. The molecule has 4 heteroatoms. The Morgan fingerprint density at radius 2 is 1.74 bits per heavy atom. The standard InChI is InChI=1S/C27H33ClN2O/c28-24-13-11-22(12-14-24)26(31)30-20-27(17-23-9-4-5-10-25(23)30)15-6-16-29(19-27)18-21-7-2-1-3-8-21/h4-5,9-14,21H,1-3,6-8,15-20H2. The molecule has 2 fully saturated rings. The Morgan fingerprint density at radius 1 is 0.968 bits per heavy atom. The highest BCUT2D eigenvalue weighted by atomic mass is 35.5. The zero-order chi connectivity index (χ0) is 21.3. The summed E-state index contributed by atoms with van der Waals surface area (Å²) in [6, 6.07) is 15.8. The van der Waals surface area contributed by atoms with E-state index in [1.807, 2.05) is 29.2 Å². The number of carbonyl (C=O) groups is 1. The number of hydrogen-bond acceptors (Lipinski definition) is 2. The largest absolute Gasteiger partial charge is 0.307 e. The molecule has 2 aromatic carbocycles. The lowest BCUT2D eigenvalue weighted by molar-refractivity contribution is 0.0667. The quantitative estimate of drug-likeness (QED) is 0.571. The van der Waals surface area contributed by atoms with Gasteiger partial charge in [0.15, 0.2) is 0 Å². The van der Waals surface area contributed by atoms with Crippen LogP contribution in [-0.2, 0) is 6.42 Å². The van der Waals surface area contributed by atoms with Crippen LogP contribution in [0.5, 0.6) is 0 Å². The smallest absolute Gasteiger partial charge is 0.258 e. The molecule has 1 saturated carbocycles. The molecule has 2 heterocycles. The minimum Gasteiger partial charge on any atom is -0.307 e. The van der Waals surface area contributed by atoms with Gasteiger partial charge in [0.25, 0.3) is 5.91 Å². The second-order valence-electron chi connectivity index (χ2n) is 10.0. The van der Waals surface area contributed by atoms with E-state index in [1.165, 1.54) is 63.6 Å². The SMILES string of the molecule is O=C(c1ccc(Cl)cc1)N1CC2(CCCN(CC3CCCCC3)C2)Cc2ccccc21. The fraction of sp³-hybridized carbons (Fsp3) is 0.519. The minimum atomic E-state index is 0.0904. The molecule has 0 bridgehead atoms. The molecule has 5 rings (SSSR count). The van der Waals surface area contributed by atoms with E-state index in [1.54, 1.807) is 0 Å². The lowest BCUT2D eigenvalue weighted by Gasteiger charge is -2.49. The van der Waals surface area contributed by atoms with Gasteiger partial charge in [0.1, 0.15) is 0 Å². The molecule has 31 heavy (non-hydrogen) atoms. The van der Waals surface area contributed by atoms with E-state index >= 15 is 0 Å². The van der Waals surface area contributed by atoms with Crippen molar-refractivity contribution in [1.29, 1.82) is 0 Å². The first-order valence-electron chi connectivity index (χ1n) is 12.0. The van der Waals surface area contributed by atoms with Gasteiger partial charge in [-0.15, -0.1) is 0 Å². The zero-order valence-electron chi connectivity index (χ0n) is 18.4. The van der Waals surface area contributed by atoms with E-state index in [0.717, 1.165) is 31.1 Å². The lowest BCUT2D eigenvalue weighted by atomic mass is 9.71. The number of benzene rings is 2. The summed E-state index contributed by atoms with van der Waals surface area (Å²) < 4.78 is 0. The molecule has 164 valence electrons. The van der Waals surface area contributed by atoms with Gasteiger partial charge in [0.05, 0.1) is 0 Å². The predicted octanol–water partition coefficient (Wildman–Crippen LogP) is 6.21. The molecular weight excluding hydrogens is 404 g/mol. The summed E-state index contributed by atoms with van der Waals surface area (Å²) in [5, 5.41) is 0.665. The molecule has 1 amide bonds. The van der Waals surface area contributed by atoms with Crippen molar-refractivity contribution in [2.75, 3.05) is 31.1 Å². The molecule has 2 aromatic rings. The summed E-state index contributed by atoms with van der Waals surface area (Å²) >= 11 is 6.07. The van der Waals surface area contributed by atoms with Crippen LogP contribution in [0, 0.1) is 11.3 Å². The van der Waals surface area contributed by atoms with Crippen LogP contribution < -0.4 is 4.90 Å². The van der Waals surface area contributed by atoms with Gasteiger partial charge < -0.3 is 9.80 Å². The van der Waals surface area contributed by atoms with Crippen molar-refractivity contribution < 1.29 is 4.79 Å². The highest BCUT2D eigenvalue weighted by Crippen LogP contribution is 2.43. The summed E-state index contributed by atoms with van der Waals surface area (Å²) in [6.07, 6.45) is 10.5. The summed E-state index contributed by atoms with van der Waals surface area (Å²) in [5.74, 6) is 0.958. The fourth-order valence-corrected chi connectivity index (χ4v) is 6.33. The van der Waals surface area contributed by atoms with Gasteiger partial charge in [-0.2, -0.15) is 0 Å². The number of rotatable bonds is 3. The second-order valence-corrected chi connectivity index (χ2v) is 10.5. The topological polar surface area (TPSA) is 23.6 Å². The Kier molecular flexibility index (Phi) is 6.08. The Morgan fingerprint density at radius 3 is 2.55 bits per heavy atom. The molecule has 0 aromatic heterocycles. The minimum absolute atomic E-state index is 0.0904. The molecule has 3 aliphatic rings. The first kappa shape index (κ1) is 21.0. The van der Waals surface area contributed by atoms with E-state index in [9.17, 15) is 4.79 Å².